The zero-order chi connectivity index (χ0) is 21.1. The lowest BCUT2D eigenvalue weighted by molar-refractivity contribution is 0.129. The third-order valence-electron chi connectivity index (χ3n) is 5.72. The number of rotatable bonds is 3. The molecule has 0 aromatic heterocycles. The maximum absolute atomic E-state index is 12.8. The van der Waals surface area contributed by atoms with Crippen LogP contribution in [0, 0.1) is 0 Å². The van der Waals surface area contributed by atoms with Gasteiger partial charge in [0.15, 0.2) is 9.84 Å². The Morgan fingerprint density at radius 2 is 1.60 bits per heavy atom. The van der Waals surface area contributed by atoms with Crippen LogP contribution in [0.3, 0.4) is 0 Å². The van der Waals surface area contributed by atoms with Crippen molar-refractivity contribution in [3.05, 3.63) is 54.6 Å². The van der Waals surface area contributed by atoms with E-state index in [1.165, 1.54) is 0 Å². The summed E-state index contributed by atoms with van der Waals surface area (Å²) in [5, 5.41) is 0. The molecule has 4 rings (SSSR count). The molecule has 0 radical (unpaired) electrons. The van der Waals surface area contributed by atoms with Gasteiger partial charge in [-0.05, 0) is 31.2 Å². The summed E-state index contributed by atoms with van der Waals surface area (Å²) < 4.78 is 29.0. The maximum Gasteiger partial charge on any atom is 0.415 e. The summed E-state index contributed by atoms with van der Waals surface area (Å²) in [6, 6.07) is 17.5. The number of para-hydroxylation sites is 1. The zero-order valence-corrected chi connectivity index (χ0v) is 17.9. The monoisotopic (exact) mass is 429 g/mol. The van der Waals surface area contributed by atoms with E-state index < -0.39 is 9.84 Å². The molecule has 0 saturated carbocycles. The van der Waals surface area contributed by atoms with Crippen molar-refractivity contribution in [3.63, 3.8) is 0 Å². The summed E-state index contributed by atoms with van der Waals surface area (Å²) >= 11 is 0. The summed E-state index contributed by atoms with van der Waals surface area (Å²) in [6.45, 7) is 5.04. The molecule has 2 aliphatic heterocycles. The van der Waals surface area contributed by atoms with Crippen LogP contribution in [0.1, 0.15) is 6.92 Å². The van der Waals surface area contributed by atoms with Crippen LogP contribution >= 0.6 is 0 Å². The Kier molecular flexibility index (Phi) is 5.85. The van der Waals surface area contributed by atoms with Crippen molar-refractivity contribution in [2.24, 2.45) is 0 Å². The van der Waals surface area contributed by atoms with Crippen molar-refractivity contribution < 1.29 is 17.9 Å². The quantitative estimate of drug-likeness (QED) is 0.747. The first-order chi connectivity index (χ1) is 14.4. The van der Waals surface area contributed by atoms with Crippen molar-refractivity contribution in [1.29, 1.82) is 0 Å². The minimum Gasteiger partial charge on any atom is -0.410 e. The lowest BCUT2D eigenvalue weighted by Crippen LogP contribution is -2.54. The van der Waals surface area contributed by atoms with Crippen LogP contribution in [0.25, 0.3) is 0 Å². The standard InChI is InChI=1S/C22H27N3O4S/c1-18-17-24(19-6-3-2-4-7-19)10-11-25(18)22(26)29-21-9-5-8-20(16-21)23-12-14-30(27,28)15-13-23/h2-9,16,18H,10-15,17H2,1H3. The van der Waals surface area contributed by atoms with E-state index in [0.29, 0.717) is 25.4 Å². The van der Waals surface area contributed by atoms with Crippen molar-refractivity contribution in [2.45, 2.75) is 13.0 Å². The van der Waals surface area contributed by atoms with Gasteiger partial charge in [0.2, 0.25) is 0 Å². The van der Waals surface area contributed by atoms with Gasteiger partial charge in [0.1, 0.15) is 5.75 Å². The molecule has 30 heavy (non-hydrogen) atoms. The molecule has 2 aromatic rings. The normalized spacial score (nSPS) is 21.4. The molecule has 160 valence electrons. The Labute approximate surface area is 177 Å². The molecular formula is C22H27N3O4S. The van der Waals surface area contributed by atoms with Crippen LogP contribution in [0.2, 0.25) is 0 Å². The predicted molar refractivity (Wildman–Crippen MR) is 118 cm³/mol. The first-order valence-corrected chi connectivity index (χ1v) is 12.1. The molecular weight excluding hydrogens is 402 g/mol. The molecule has 0 spiro atoms. The minimum absolute atomic E-state index is 0.0296. The molecule has 1 amide bonds. The van der Waals surface area contributed by atoms with E-state index in [-0.39, 0.29) is 23.6 Å². The van der Waals surface area contributed by atoms with Crippen LogP contribution in [-0.2, 0) is 9.84 Å². The van der Waals surface area contributed by atoms with E-state index in [4.69, 9.17) is 4.74 Å². The number of amides is 1. The van der Waals surface area contributed by atoms with E-state index >= 15 is 0 Å². The molecule has 1 unspecified atom stereocenters. The number of anilines is 2. The van der Waals surface area contributed by atoms with Crippen LogP contribution < -0.4 is 14.5 Å². The second-order valence-corrected chi connectivity index (χ2v) is 10.1. The number of sulfone groups is 1. The second kappa shape index (κ2) is 8.55. The summed E-state index contributed by atoms with van der Waals surface area (Å²) in [4.78, 5) is 18.8. The fourth-order valence-electron chi connectivity index (χ4n) is 3.98. The smallest absolute Gasteiger partial charge is 0.410 e. The van der Waals surface area contributed by atoms with Gasteiger partial charge in [0.05, 0.1) is 11.5 Å². The predicted octanol–water partition coefficient (Wildman–Crippen LogP) is 2.63. The van der Waals surface area contributed by atoms with Crippen molar-refractivity contribution in [1.82, 2.24) is 4.90 Å². The Balaban J connectivity index is 1.37. The van der Waals surface area contributed by atoms with Gasteiger partial charge in [0.25, 0.3) is 0 Å². The molecule has 0 aliphatic carbocycles. The molecule has 8 heteroatoms. The minimum atomic E-state index is -2.94. The number of carbonyl (C=O) groups excluding carboxylic acids is 1. The van der Waals surface area contributed by atoms with Crippen molar-refractivity contribution in [2.75, 3.05) is 54.0 Å². The number of carbonyl (C=O) groups is 1. The number of piperazine rings is 1. The van der Waals surface area contributed by atoms with Crippen molar-refractivity contribution >= 4 is 27.3 Å². The van der Waals surface area contributed by atoms with E-state index in [9.17, 15) is 13.2 Å². The lowest BCUT2D eigenvalue weighted by atomic mass is 10.1. The lowest BCUT2D eigenvalue weighted by Gasteiger charge is -2.40. The number of hydrogen-bond donors (Lipinski definition) is 0. The van der Waals surface area contributed by atoms with Gasteiger partial charge in [-0.15, -0.1) is 0 Å². The molecule has 0 N–H and O–H groups in total. The van der Waals surface area contributed by atoms with Gasteiger partial charge >= 0.3 is 6.09 Å². The highest BCUT2D eigenvalue weighted by Gasteiger charge is 2.29. The third kappa shape index (κ3) is 4.70. The van der Waals surface area contributed by atoms with Crippen LogP contribution in [-0.4, -0.2) is 69.7 Å². The average molecular weight is 430 g/mol. The molecule has 2 heterocycles. The molecule has 1 atom stereocenters. The zero-order valence-electron chi connectivity index (χ0n) is 17.1. The highest BCUT2D eigenvalue weighted by atomic mass is 32.2. The summed E-state index contributed by atoms with van der Waals surface area (Å²) in [5.74, 6) is 0.782. The van der Waals surface area contributed by atoms with E-state index in [1.807, 2.05) is 42.2 Å². The molecule has 7 nitrogen and oxygen atoms in total. The van der Waals surface area contributed by atoms with Gasteiger partial charge in [-0.25, -0.2) is 13.2 Å². The van der Waals surface area contributed by atoms with Gasteiger partial charge in [0, 0.05) is 56.2 Å². The van der Waals surface area contributed by atoms with E-state index in [1.54, 1.807) is 17.0 Å². The number of hydrogen-bond acceptors (Lipinski definition) is 6. The molecule has 2 saturated heterocycles. The Hall–Kier alpha value is -2.74. The van der Waals surface area contributed by atoms with Gasteiger partial charge < -0.3 is 19.4 Å². The topological polar surface area (TPSA) is 70.2 Å². The van der Waals surface area contributed by atoms with Gasteiger partial charge in [-0.3, -0.25) is 0 Å². The number of ether oxygens (including phenoxy) is 1. The molecule has 2 aromatic carbocycles. The van der Waals surface area contributed by atoms with E-state index in [2.05, 4.69) is 17.0 Å². The first kappa shape index (κ1) is 20.5. The SMILES string of the molecule is CC1CN(c2ccccc2)CCN1C(=O)Oc1cccc(N2CCS(=O)(=O)CC2)c1. The number of nitrogens with zero attached hydrogens (tertiary/aromatic N) is 3. The number of benzene rings is 2. The molecule has 2 fully saturated rings. The second-order valence-electron chi connectivity index (χ2n) is 7.83. The first-order valence-electron chi connectivity index (χ1n) is 10.3. The van der Waals surface area contributed by atoms with Crippen LogP contribution in [0.4, 0.5) is 16.2 Å². The average Bonchev–Trinajstić information content (AvgIpc) is 2.74. The maximum atomic E-state index is 12.8. The highest BCUT2D eigenvalue weighted by molar-refractivity contribution is 7.91. The van der Waals surface area contributed by atoms with Crippen LogP contribution in [0.5, 0.6) is 5.75 Å². The molecule has 0 bridgehead atoms. The van der Waals surface area contributed by atoms with Crippen LogP contribution in [0.15, 0.2) is 54.6 Å². The Morgan fingerprint density at radius 1 is 0.900 bits per heavy atom. The largest absolute Gasteiger partial charge is 0.415 e. The summed E-state index contributed by atoms with van der Waals surface area (Å²) in [7, 11) is -2.94. The fourth-order valence-corrected chi connectivity index (χ4v) is 5.18. The summed E-state index contributed by atoms with van der Waals surface area (Å²) in [6.07, 6.45) is -0.353. The highest BCUT2D eigenvalue weighted by Crippen LogP contribution is 2.24. The van der Waals surface area contributed by atoms with Gasteiger partial charge in [-0.2, -0.15) is 0 Å². The Bertz CT molecular complexity index is 982. The summed E-state index contributed by atoms with van der Waals surface area (Å²) in [5.41, 5.74) is 2.03. The third-order valence-corrected chi connectivity index (χ3v) is 7.32. The van der Waals surface area contributed by atoms with E-state index in [0.717, 1.165) is 24.5 Å². The van der Waals surface area contributed by atoms with Crippen molar-refractivity contribution in [3.8, 4) is 5.75 Å². The van der Waals surface area contributed by atoms with Gasteiger partial charge in [-0.1, -0.05) is 24.3 Å². The Morgan fingerprint density at radius 3 is 2.30 bits per heavy atom. The fraction of sp³-hybridized carbons (Fsp3) is 0.409. The molecule has 2 aliphatic rings.